The second-order valence-corrected chi connectivity index (χ2v) is 13.5. The molecule has 5 nitrogen and oxygen atoms in total. The number of hydrogen-bond acceptors (Lipinski definition) is 4. The van der Waals surface area contributed by atoms with E-state index in [-0.39, 0.29) is 0 Å². The van der Waals surface area contributed by atoms with Gasteiger partial charge in [-0.15, -0.1) is 0 Å². The van der Waals surface area contributed by atoms with Crippen LogP contribution in [-0.4, -0.2) is 61.5 Å². The topological polar surface area (TPSA) is 110 Å². The van der Waals surface area contributed by atoms with Crippen LogP contribution in [0.15, 0.2) is 0 Å². The number of carboxylic acids is 1. The van der Waals surface area contributed by atoms with Gasteiger partial charge in [-0.2, -0.15) is 0 Å². The molecule has 0 fully saturated rings. The average molecular weight is 408 g/mol. The van der Waals surface area contributed by atoms with Gasteiger partial charge in [0.2, 0.25) is 0 Å². The van der Waals surface area contributed by atoms with Crippen LogP contribution in [0.1, 0.15) is 83.5 Å². The van der Waals surface area contributed by atoms with Crippen molar-refractivity contribution in [2.24, 2.45) is 11.5 Å². The molecule has 6 heteroatoms. The van der Waals surface area contributed by atoms with E-state index < -0.39 is 19.3 Å². The van der Waals surface area contributed by atoms with E-state index in [0.29, 0.717) is 19.6 Å². The Morgan fingerprint density at radius 1 is 0.815 bits per heavy atom. The maximum absolute atomic E-state index is 10.1. The molecular weight excluding hydrogens is 359 g/mol. The first-order valence-electron chi connectivity index (χ1n) is 10.8. The van der Waals surface area contributed by atoms with Crippen molar-refractivity contribution in [2.75, 3.05) is 39.3 Å². The number of rotatable bonds is 17. The van der Waals surface area contributed by atoms with Crippen molar-refractivity contribution in [3.8, 4) is 0 Å². The van der Waals surface area contributed by atoms with Crippen LogP contribution in [0, 0.1) is 0 Å². The smallest absolute Gasteiger partial charge is 0.320 e. The Hall–Kier alpha value is -0.220. The first-order chi connectivity index (χ1) is 12.7. The van der Waals surface area contributed by atoms with Crippen molar-refractivity contribution in [3.63, 3.8) is 0 Å². The van der Waals surface area contributed by atoms with E-state index in [9.17, 15) is 4.79 Å². The summed E-state index contributed by atoms with van der Waals surface area (Å²) in [7, 11) is -0.513. The minimum Gasteiger partial charge on any atom is -0.480 e. The Morgan fingerprint density at radius 3 is 1.63 bits per heavy atom. The average Bonchev–Trinajstić information content (AvgIpc) is 2.59. The zero-order chi connectivity index (χ0) is 21.0. The molecule has 0 heterocycles. The van der Waals surface area contributed by atoms with E-state index in [1.807, 2.05) is 0 Å². The molecule has 0 rings (SSSR count). The molecule has 0 aliphatic rings. The Bertz CT molecular complexity index is 323. The molecule has 6 N–H and O–H groups in total. The molecule has 0 aromatic rings. The van der Waals surface area contributed by atoms with Gasteiger partial charge in [-0.3, -0.25) is 4.79 Å². The summed E-state index contributed by atoms with van der Waals surface area (Å²) in [4.78, 5) is 10.1. The Balaban J connectivity index is 0. The molecule has 27 heavy (non-hydrogen) atoms. The van der Waals surface area contributed by atoms with Gasteiger partial charge >= 0.3 is 5.97 Å². The highest BCUT2D eigenvalue weighted by Gasteiger charge is 2.15. The van der Waals surface area contributed by atoms with Gasteiger partial charge < -0.3 is 21.7 Å². The number of aliphatic hydroxyl groups excluding tert-OH is 1. The first-order valence-corrected chi connectivity index (χ1v) is 14.2. The van der Waals surface area contributed by atoms with Crippen molar-refractivity contribution in [1.29, 1.82) is 0 Å². The molecule has 0 saturated heterocycles. The Morgan fingerprint density at radius 2 is 1.26 bits per heavy atom. The van der Waals surface area contributed by atoms with E-state index in [0.717, 1.165) is 19.3 Å². The second kappa shape index (κ2) is 20.5. The van der Waals surface area contributed by atoms with Gasteiger partial charge in [0.05, 0.1) is 6.16 Å². The predicted octanol–water partition coefficient (Wildman–Crippen LogP) is 4.31. The zero-order valence-corrected chi connectivity index (χ0v) is 19.2. The van der Waals surface area contributed by atoms with Crippen LogP contribution < -0.4 is 11.5 Å². The number of nitrogens with two attached hydrogens (primary N) is 2. The van der Waals surface area contributed by atoms with E-state index in [1.54, 1.807) is 0 Å². The van der Waals surface area contributed by atoms with Gasteiger partial charge in [-0.05, 0) is 38.6 Å². The SMILES string of the molecule is C[P+](C)(C)CCCCCCCCCCCCO.NCCCCC(N)C(=O)O. The Labute approximate surface area is 169 Å². The minimum absolute atomic E-state index is 0.371. The predicted molar refractivity (Wildman–Crippen MR) is 121 cm³/mol. The highest BCUT2D eigenvalue weighted by Crippen LogP contribution is 2.47. The van der Waals surface area contributed by atoms with Gasteiger partial charge in [0.15, 0.2) is 0 Å². The molecular formula is C21H48N2O3P+. The molecule has 0 aromatic heterocycles. The quantitative estimate of drug-likeness (QED) is 0.212. The minimum atomic E-state index is -0.933. The maximum atomic E-state index is 10.1. The van der Waals surface area contributed by atoms with Gasteiger partial charge in [-0.25, -0.2) is 0 Å². The Kier molecular flexibility index (Phi) is 22.0. The second-order valence-electron chi connectivity index (χ2n) is 8.50. The number of carbonyl (C=O) groups is 1. The summed E-state index contributed by atoms with van der Waals surface area (Å²) < 4.78 is 0. The number of hydrogen-bond donors (Lipinski definition) is 4. The lowest BCUT2D eigenvalue weighted by Crippen LogP contribution is -2.29. The number of carboxylic acid groups (broad SMARTS) is 1. The van der Waals surface area contributed by atoms with Crippen molar-refractivity contribution in [3.05, 3.63) is 0 Å². The van der Waals surface area contributed by atoms with Gasteiger partial charge in [0.25, 0.3) is 0 Å². The van der Waals surface area contributed by atoms with Crippen LogP contribution in [-0.2, 0) is 4.79 Å². The van der Waals surface area contributed by atoms with E-state index in [4.69, 9.17) is 21.7 Å². The fourth-order valence-electron chi connectivity index (χ4n) is 2.74. The molecule has 0 amide bonds. The van der Waals surface area contributed by atoms with E-state index in [1.165, 1.54) is 63.9 Å². The van der Waals surface area contributed by atoms with Crippen LogP contribution in [0.5, 0.6) is 0 Å². The van der Waals surface area contributed by atoms with Crippen molar-refractivity contribution in [2.45, 2.75) is 89.5 Å². The van der Waals surface area contributed by atoms with E-state index >= 15 is 0 Å². The molecule has 0 bridgehead atoms. The molecule has 1 unspecified atom stereocenters. The summed E-state index contributed by atoms with van der Waals surface area (Å²) in [5.74, 6) is -0.933. The first kappa shape index (κ1) is 29.0. The highest BCUT2D eigenvalue weighted by atomic mass is 31.2. The van der Waals surface area contributed by atoms with Crippen LogP contribution >= 0.6 is 7.26 Å². The summed E-state index contributed by atoms with van der Waals surface area (Å²) >= 11 is 0. The highest BCUT2D eigenvalue weighted by molar-refractivity contribution is 7.73. The van der Waals surface area contributed by atoms with Crippen LogP contribution in [0.4, 0.5) is 0 Å². The van der Waals surface area contributed by atoms with E-state index in [2.05, 4.69) is 20.0 Å². The molecule has 0 aromatic carbocycles. The third-order valence-electron chi connectivity index (χ3n) is 4.52. The third-order valence-corrected chi connectivity index (χ3v) is 6.18. The van der Waals surface area contributed by atoms with Gasteiger partial charge in [0.1, 0.15) is 6.04 Å². The van der Waals surface area contributed by atoms with Crippen LogP contribution in [0.2, 0.25) is 0 Å². The van der Waals surface area contributed by atoms with Gasteiger partial charge in [-0.1, -0.05) is 51.4 Å². The lowest BCUT2D eigenvalue weighted by Gasteiger charge is -2.10. The van der Waals surface area contributed by atoms with Crippen LogP contribution in [0.25, 0.3) is 0 Å². The lowest BCUT2D eigenvalue weighted by molar-refractivity contribution is -0.138. The van der Waals surface area contributed by atoms with Crippen LogP contribution in [0.3, 0.4) is 0 Å². The molecule has 1 atom stereocenters. The monoisotopic (exact) mass is 407 g/mol. The molecule has 0 radical (unpaired) electrons. The van der Waals surface area contributed by atoms with Crippen molar-refractivity contribution < 1.29 is 15.0 Å². The molecule has 0 spiro atoms. The summed E-state index contributed by atoms with van der Waals surface area (Å²) in [5, 5.41) is 17.0. The lowest BCUT2D eigenvalue weighted by atomic mass is 10.1. The van der Waals surface area contributed by atoms with Crippen molar-refractivity contribution >= 4 is 13.2 Å². The summed E-state index contributed by atoms with van der Waals surface area (Å²) in [6.45, 7) is 8.31. The number of aliphatic carboxylic acids is 1. The maximum Gasteiger partial charge on any atom is 0.320 e. The number of unbranched alkanes of at least 4 members (excludes halogenated alkanes) is 10. The third kappa shape index (κ3) is 28.1. The van der Waals surface area contributed by atoms with Crippen molar-refractivity contribution in [1.82, 2.24) is 0 Å². The fraction of sp³-hybridized carbons (Fsp3) is 0.952. The molecule has 164 valence electrons. The zero-order valence-electron chi connectivity index (χ0n) is 18.3. The summed E-state index contributed by atoms with van der Waals surface area (Å²) in [5.41, 5.74) is 10.4. The molecule has 0 saturated carbocycles. The largest absolute Gasteiger partial charge is 0.480 e. The standard InChI is InChI=1S/C15H34OP.C6H14N2O2/c1-17(2,3)15-13-11-9-7-5-4-6-8-10-12-14-16;7-4-2-1-3-5(8)6(9)10/h16H,4-15H2,1-3H3;5H,1-4,7-8H2,(H,9,10)/q+1;. The van der Waals surface area contributed by atoms with Gasteiger partial charge in [0, 0.05) is 33.9 Å². The summed E-state index contributed by atoms with van der Waals surface area (Å²) in [6.07, 6.45) is 17.1. The summed E-state index contributed by atoms with van der Waals surface area (Å²) in [6, 6.07) is -0.716. The molecule has 0 aliphatic carbocycles. The normalized spacial score (nSPS) is 12.4. The molecule has 0 aliphatic heterocycles. The number of aliphatic hydroxyl groups is 1. The fourth-order valence-corrected chi connectivity index (χ4v) is 3.92.